The zero-order valence-electron chi connectivity index (χ0n) is 7.99. The van der Waals surface area contributed by atoms with E-state index in [1.165, 1.54) is 5.19 Å². The molecule has 13 heavy (non-hydrogen) atoms. The van der Waals surface area contributed by atoms with E-state index in [1.54, 1.807) is 20.5 Å². The van der Waals surface area contributed by atoms with Crippen LogP contribution in [0.3, 0.4) is 0 Å². The molecule has 0 saturated carbocycles. The van der Waals surface area contributed by atoms with Gasteiger partial charge in [-0.15, -0.1) is 0 Å². The normalized spacial score (nSPS) is 12.0. The summed E-state index contributed by atoms with van der Waals surface area (Å²) in [5.74, 6) is 0. The molecule has 0 spiro atoms. The van der Waals surface area contributed by atoms with Crippen molar-refractivity contribution in [1.29, 1.82) is 0 Å². The van der Waals surface area contributed by atoms with Gasteiger partial charge in [-0.3, -0.25) is 0 Å². The Hall–Kier alpha value is -1.22. The molecule has 0 radical (unpaired) electrons. The van der Waals surface area contributed by atoms with Crippen molar-refractivity contribution in [2.45, 2.75) is 0 Å². The second-order valence-electron chi connectivity index (χ2n) is 2.69. The van der Waals surface area contributed by atoms with E-state index in [-0.39, 0.29) is 0 Å². The van der Waals surface area contributed by atoms with Gasteiger partial charge in [0.25, 0.3) is 0 Å². The third-order valence-corrected chi connectivity index (χ3v) is 3.42. The second kappa shape index (κ2) is 5.43. The Labute approximate surface area is 81.0 Å². The molecule has 1 rings (SSSR count). The van der Waals surface area contributed by atoms with Crippen LogP contribution in [-0.2, 0) is 9.47 Å². The molecular formula is C10H14O2Si. The minimum absolute atomic E-state index is 0.495. The maximum atomic E-state index is 5.19. The summed E-state index contributed by atoms with van der Waals surface area (Å²) in [5, 5.41) is 2.32. The summed E-state index contributed by atoms with van der Waals surface area (Å²) in [6.45, 7) is 0. The zero-order chi connectivity index (χ0) is 9.52. The molecule has 1 aromatic rings. The highest BCUT2D eigenvalue weighted by Crippen LogP contribution is 1.93. The van der Waals surface area contributed by atoms with Crippen LogP contribution in [0.25, 0.3) is 0 Å². The van der Waals surface area contributed by atoms with Crippen LogP contribution in [0.5, 0.6) is 0 Å². The van der Waals surface area contributed by atoms with E-state index >= 15 is 0 Å². The summed E-state index contributed by atoms with van der Waals surface area (Å²) in [4.78, 5) is 0. The molecule has 0 N–H and O–H groups in total. The molecule has 1 aromatic carbocycles. The van der Waals surface area contributed by atoms with Crippen molar-refractivity contribution in [1.82, 2.24) is 0 Å². The summed E-state index contributed by atoms with van der Waals surface area (Å²) in [6, 6.07) is 10.3. The Morgan fingerprint density at radius 1 is 1.23 bits per heavy atom. The van der Waals surface area contributed by atoms with Crippen molar-refractivity contribution in [3.63, 3.8) is 0 Å². The number of benzene rings is 1. The maximum absolute atomic E-state index is 5.19. The topological polar surface area (TPSA) is 18.5 Å². The van der Waals surface area contributed by atoms with E-state index in [2.05, 4.69) is 12.1 Å². The molecule has 0 aromatic heterocycles. The molecule has 0 aliphatic rings. The molecule has 0 bridgehead atoms. The molecule has 0 aliphatic heterocycles. The van der Waals surface area contributed by atoms with E-state index in [0.717, 1.165) is 5.38 Å². The van der Waals surface area contributed by atoms with E-state index in [4.69, 9.17) is 9.47 Å². The van der Waals surface area contributed by atoms with Crippen molar-refractivity contribution in [3.05, 3.63) is 42.0 Å². The van der Waals surface area contributed by atoms with Gasteiger partial charge in [-0.2, -0.15) is 0 Å². The fourth-order valence-corrected chi connectivity index (χ4v) is 2.40. The van der Waals surface area contributed by atoms with Gasteiger partial charge in [0.1, 0.15) is 21.2 Å². The molecule has 0 heterocycles. The lowest BCUT2D eigenvalue weighted by molar-refractivity contribution is 0.271. The summed E-state index contributed by atoms with van der Waals surface area (Å²) in [5.41, 5.74) is 0. The number of ether oxygens (including phenoxy) is 2. The molecule has 0 unspecified atom stereocenters. The van der Waals surface area contributed by atoms with Crippen molar-refractivity contribution in [2.24, 2.45) is 0 Å². The molecule has 0 aliphatic carbocycles. The molecule has 70 valence electrons. The van der Waals surface area contributed by atoms with Crippen LogP contribution in [-0.4, -0.2) is 23.7 Å². The van der Waals surface area contributed by atoms with E-state index < -0.39 is 9.52 Å². The van der Waals surface area contributed by atoms with Crippen LogP contribution in [0.15, 0.2) is 42.0 Å². The van der Waals surface area contributed by atoms with Gasteiger partial charge in [-0.25, -0.2) is 0 Å². The first-order valence-corrected chi connectivity index (χ1v) is 5.58. The van der Waals surface area contributed by atoms with Gasteiger partial charge in [0.05, 0.1) is 14.2 Å². The van der Waals surface area contributed by atoms with Crippen LogP contribution in [0.2, 0.25) is 0 Å². The van der Waals surface area contributed by atoms with Crippen LogP contribution >= 0.6 is 0 Å². The maximum Gasteiger partial charge on any atom is 0.135 e. The van der Waals surface area contributed by atoms with E-state index in [0.29, 0.717) is 0 Å². The van der Waals surface area contributed by atoms with Crippen molar-refractivity contribution in [3.8, 4) is 0 Å². The van der Waals surface area contributed by atoms with E-state index in [1.807, 2.05) is 18.2 Å². The first kappa shape index (κ1) is 9.86. The summed E-state index contributed by atoms with van der Waals surface area (Å²) in [6.07, 6.45) is 1.68. The minimum atomic E-state index is -0.495. The fourth-order valence-electron chi connectivity index (χ4n) is 1.09. The minimum Gasteiger partial charge on any atom is -0.503 e. The fraction of sp³-hybridized carbons (Fsp3) is 0.200. The molecule has 0 atom stereocenters. The lowest BCUT2D eigenvalue weighted by Crippen LogP contribution is -2.16. The number of rotatable bonds is 4. The number of hydrogen-bond donors (Lipinski definition) is 0. The van der Waals surface area contributed by atoms with Crippen LogP contribution in [0.4, 0.5) is 0 Å². The Balaban J connectivity index is 2.62. The van der Waals surface area contributed by atoms with E-state index in [9.17, 15) is 0 Å². The van der Waals surface area contributed by atoms with Gasteiger partial charge in [-0.05, 0) is 0 Å². The monoisotopic (exact) mass is 194 g/mol. The summed E-state index contributed by atoms with van der Waals surface area (Å²) < 4.78 is 10.1. The molecule has 2 nitrogen and oxygen atoms in total. The highest BCUT2D eigenvalue weighted by Gasteiger charge is 1.99. The molecule has 0 fully saturated rings. The molecule has 0 saturated heterocycles. The number of hydrogen-bond acceptors (Lipinski definition) is 2. The molecule has 0 amide bonds. The van der Waals surface area contributed by atoms with Gasteiger partial charge < -0.3 is 9.47 Å². The van der Waals surface area contributed by atoms with Crippen LogP contribution < -0.4 is 5.19 Å². The van der Waals surface area contributed by atoms with Gasteiger partial charge in [-0.1, -0.05) is 35.5 Å². The van der Waals surface area contributed by atoms with Gasteiger partial charge in [0.2, 0.25) is 0 Å². The Kier molecular flexibility index (Phi) is 4.12. The Bertz CT molecular complexity index is 270. The second-order valence-corrected chi connectivity index (χ2v) is 4.55. The quantitative estimate of drug-likeness (QED) is 0.515. The first-order chi connectivity index (χ1) is 6.36. The molecule has 3 heteroatoms. The average molecular weight is 194 g/mol. The van der Waals surface area contributed by atoms with Gasteiger partial charge in [0, 0.05) is 0 Å². The summed E-state index contributed by atoms with van der Waals surface area (Å²) in [7, 11) is 2.82. The Morgan fingerprint density at radius 2 is 1.92 bits per heavy atom. The lowest BCUT2D eigenvalue weighted by atomic mass is 10.4. The van der Waals surface area contributed by atoms with Crippen molar-refractivity contribution < 1.29 is 9.47 Å². The first-order valence-electron chi connectivity index (χ1n) is 4.16. The summed E-state index contributed by atoms with van der Waals surface area (Å²) >= 11 is 0. The van der Waals surface area contributed by atoms with Gasteiger partial charge >= 0.3 is 0 Å². The van der Waals surface area contributed by atoms with Crippen molar-refractivity contribution in [2.75, 3.05) is 14.2 Å². The van der Waals surface area contributed by atoms with Crippen LogP contribution in [0.1, 0.15) is 0 Å². The molecular weight excluding hydrogens is 180 g/mol. The predicted octanol–water partition coefficient (Wildman–Crippen LogP) is 0.572. The highest BCUT2D eigenvalue weighted by atomic mass is 28.2. The van der Waals surface area contributed by atoms with Crippen molar-refractivity contribution >= 4 is 14.7 Å². The SMILES string of the molecule is COC=C(OC)[SiH2]c1ccccc1. The highest BCUT2D eigenvalue weighted by molar-refractivity contribution is 6.60. The Morgan fingerprint density at radius 3 is 2.46 bits per heavy atom. The average Bonchev–Trinajstić information content (AvgIpc) is 2.19. The largest absolute Gasteiger partial charge is 0.503 e. The lowest BCUT2D eigenvalue weighted by Gasteiger charge is -2.04. The van der Waals surface area contributed by atoms with Gasteiger partial charge in [0.15, 0.2) is 0 Å². The standard InChI is InChI=1S/C10H14O2Si/c1-11-8-10(12-2)13-9-6-4-3-5-7-9/h3-8H,13H2,1-2H3. The predicted molar refractivity (Wildman–Crippen MR) is 56.7 cm³/mol. The zero-order valence-corrected chi connectivity index (χ0v) is 9.40. The van der Waals surface area contributed by atoms with Crippen LogP contribution in [0, 0.1) is 0 Å². The third-order valence-electron chi connectivity index (χ3n) is 1.73. The smallest absolute Gasteiger partial charge is 0.135 e. The third kappa shape index (κ3) is 3.34. The number of methoxy groups -OCH3 is 2.